The van der Waals surface area contributed by atoms with Crippen LogP contribution in [0.1, 0.15) is 18.9 Å². The molecular weight excluding hydrogens is 369 g/mol. The summed E-state index contributed by atoms with van der Waals surface area (Å²) in [6, 6.07) is 5.77. The van der Waals surface area contributed by atoms with Crippen LogP contribution in [0.5, 0.6) is 5.75 Å². The van der Waals surface area contributed by atoms with Crippen LogP contribution in [0.15, 0.2) is 41.4 Å². The maximum Gasteiger partial charge on any atom is 0.419 e. The van der Waals surface area contributed by atoms with Gasteiger partial charge in [0.2, 0.25) is 0 Å². The second-order valence-electron chi connectivity index (χ2n) is 6.89. The minimum absolute atomic E-state index is 0.0926. The molecule has 28 heavy (non-hydrogen) atoms. The molecule has 1 saturated heterocycles. The highest BCUT2D eigenvalue weighted by atomic mass is 19.4. The lowest BCUT2D eigenvalue weighted by Gasteiger charge is -2.25. The Kier molecular flexibility index (Phi) is 6.83. The van der Waals surface area contributed by atoms with Gasteiger partial charge in [-0.3, -0.25) is 4.90 Å². The van der Waals surface area contributed by atoms with E-state index in [1.807, 2.05) is 6.92 Å². The minimum atomic E-state index is -4.43. The fraction of sp³-hybridized carbons (Fsp3) is 0.550. The number of halogens is 3. The molecule has 0 radical (unpaired) electrons. The van der Waals surface area contributed by atoms with Gasteiger partial charge in [-0.05, 0) is 25.5 Å². The molecule has 1 unspecified atom stereocenters. The maximum absolute atomic E-state index is 13.0. The number of ether oxygens (including phenoxy) is 1. The van der Waals surface area contributed by atoms with Crippen molar-refractivity contribution in [1.82, 2.24) is 15.1 Å². The third-order valence-electron chi connectivity index (χ3n) is 4.96. The Balaban J connectivity index is 1.54. The predicted octanol–water partition coefficient (Wildman–Crippen LogP) is 3.00. The van der Waals surface area contributed by atoms with Crippen LogP contribution in [0, 0.1) is 0 Å². The van der Waals surface area contributed by atoms with Gasteiger partial charge in [-0.25, -0.2) is 4.99 Å². The van der Waals surface area contributed by atoms with E-state index in [0.29, 0.717) is 12.6 Å². The van der Waals surface area contributed by atoms with Crippen molar-refractivity contribution < 1.29 is 17.9 Å². The van der Waals surface area contributed by atoms with E-state index in [9.17, 15) is 13.2 Å². The maximum atomic E-state index is 13.0. The van der Waals surface area contributed by atoms with Crippen molar-refractivity contribution in [3.05, 3.63) is 42.0 Å². The molecule has 154 valence electrons. The van der Waals surface area contributed by atoms with Gasteiger partial charge in [0.1, 0.15) is 12.4 Å². The Morgan fingerprint density at radius 1 is 1.25 bits per heavy atom. The molecule has 8 heteroatoms. The van der Waals surface area contributed by atoms with E-state index in [-0.39, 0.29) is 12.4 Å². The average molecular weight is 396 g/mol. The van der Waals surface area contributed by atoms with Gasteiger partial charge >= 0.3 is 6.18 Å². The second kappa shape index (κ2) is 9.32. The monoisotopic (exact) mass is 396 g/mol. The van der Waals surface area contributed by atoms with Crippen LogP contribution in [0.25, 0.3) is 0 Å². The summed E-state index contributed by atoms with van der Waals surface area (Å²) in [6.07, 6.45) is 1.04. The number of benzene rings is 1. The van der Waals surface area contributed by atoms with E-state index in [2.05, 4.69) is 32.3 Å². The molecule has 0 spiro atoms. The zero-order valence-electron chi connectivity index (χ0n) is 16.1. The van der Waals surface area contributed by atoms with E-state index < -0.39 is 11.7 Å². The number of rotatable bonds is 6. The molecule has 0 aliphatic carbocycles. The molecule has 0 bridgehead atoms. The molecule has 0 aromatic heterocycles. The fourth-order valence-corrected chi connectivity index (χ4v) is 3.58. The number of nitrogens with zero attached hydrogens (tertiary/aromatic N) is 3. The third kappa shape index (κ3) is 5.19. The minimum Gasteiger partial charge on any atom is -0.491 e. The molecule has 0 saturated carbocycles. The highest BCUT2D eigenvalue weighted by Crippen LogP contribution is 2.35. The molecule has 1 atom stereocenters. The lowest BCUT2D eigenvalue weighted by Crippen LogP contribution is -2.43. The summed E-state index contributed by atoms with van der Waals surface area (Å²) in [5, 5.41) is 3.28. The largest absolute Gasteiger partial charge is 0.491 e. The van der Waals surface area contributed by atoms with Crippen LogP contribution in [-0.2, 0) is 6.18 Å². The van der Waals surface area contributed by atoms with Crippen molar-refractivity contribution in [3.8, 4) is 5.75 Å². The van der Waals surface area contributed by atoms with Crippen molar-refractivity contribution in [2.45, 2.75) is 25.6 Å². The van der Waals surface area contributed by atoms with Crippen molar-refractivity contribution in [1.29, 1.82) is 0 Å². The van der Waals surface area contributed by atoms with E-state index in [4.69, 9.17) is 4.74 Å². The Labute approximate surface area is 163 Å². The first-order valence-corrected chi connectivity index (χ1v) is 9.70. The van der Waals surface area contributed by atoms with Gasteiger partial charge in [0, 0.05) is 38.8 Å². The van der Waals surface area contributed by atoms with E-state index in [1.165, 1.54) is 18.2 Å². The quantitative estimate of drug-likeness (QED) is 0.347. The first-order valence-electron chi connectivity index (χ1n) is 9.70. The Morgan fingerprint density at radius 3 is 2.71 bits per heavy atom. The standard InChI is InChI=1S/C20H27F3N4O/c1-2-24-19(27-13-9-16(15-27)26-11-5-6-12-26)25-10-14-28-18-8-4-3-7-17(18)20(21,22)23/h3-8,16H,2,9-15H2,1H3,(H,24,25). The molecule has 2 heterocycles. The van der Waals surface area contributed by atoms with Crippen molar-refractivity contribution in [2.24, 2.45) is 4.99 Å². The molecule has 1 fully saturated rings. The van der Waals surface area contributed by atoms with Gasteiger partial charge in [-0.2, -0.15) is 13.2 Å². The highest BCUT2D eigenvalue weighted by molar-refractivity contribution is 5.80. The normalized spacial score (nSPS) is 20.8. The van der Waals surface area contributed by atoms with Crippen molar-refractivity contribution in [2.75, 3.05) is 45.9 Å². The summed E-state index contributed by atoms with van der Waals surface area (Å²) in [6.45, 7) is 6.95. The summed E-state index contributed by atoms with van der Waals surface area (Å²) < 4.78 is 44.4. The molecule has 2 aliphatic rings. The SMILES string of the molecule is CCNC(=NCCOc1ccccc1C(F)(F)F)N1CCC(N2CC=CC2)C1. The van der Waals surface area contributed by atoms with Gasteiger partial charge < -0.3 is 15.0 Å². The van der Waals surface area contributed by atoms with Gasteiger partial charge in [0.25, 0.3) is 0 Å². The molecule has 1 aromatic rings. The average Bonchev–Trinajstić information content (AvgIpc) is 3.35. The molecule has 0 amide bonds. The Morgan fingerprint density at radius 2 is 2.00 bits per heavy atom. The van der Waals surface area contributed by atoms with E-state index in [1.54, 1.807) is 0 Å². The number of nitrogens with one attached hydrogen (secondary N) is 1. The zero-order valence-corrected chi connectivity index (χ0v) is 16.1. The molecule has 2 aliphatic heterocycles. The number of likely N-dealkylation sites (tertiary alicyclic amines) is 1. The Bertz CT molecular complexity index is 697. The second-order valence-corrected chi connectivity index (χ2v) is 6.89. The number of hydrogen-bond acceptors (Lipinski definition) is 3. The Hall–Kier alpha value is -2.22. The van der Waals surface area contributed by atoms with Crippen molar-refractivity contribution >= 4 is 5.96 Å². The fourth-order valence-electron chi connectivity index (χ4n) is 3.58. The van der Waals surface area contributed by atoms with E-state index >= 15 is 0 Å². The molecule has 3 rings (SSSR count). The van der Waals surface area contributed by atoms with Gasteiger partial charge in [-0.1, -0.05) is 24.3 Å². The number of alkyl halides is 3. The summed E-state index contributed by atoms with van der Waals surface area (Å²) in [5.74, 6) is 0.642. The lowest BCUT2D eigenvalue weighted by atomic mass is 10.2. The van der Waals surface area contributed by atoms with Crippen LogP contribution < -0.4 is 10.1 Å². The zero-order chi connectivity index (χ0) is 20.0. The predicted molar refractivity (Wildman–Crippen MR) is 104 cm³/mol. The molecular formula is C20H27F3N4O. The lowest BCUT2D eigenvalue weighted by molar-refractivity contribution is -0.138. The molecule has 1 aromatic carbocycles. The highest BCUT2D eigenvalue weighted by Gasteiger charge is 2.34. The summed E-state index contributed by atoms with van der Waals surface area (Å²) >= 11 is 0. The van der Waals surface area contributed by atoms with Crippen molar-refractivity contribution in [3.63, 3.8) is 0 Å². The van der Waals surface area contributed by atoms with Crippen LogP contribution in [0.4, 0.5) is 13.2 Å². The third-order valence-corrected chi connectivity index (χ3v) is 4.96. The summed E-state index contributed by atoms with van der Waals surface area (Å²) in [7, 11) is 0. The summed E-state index contributed by atoms with van der Waals surface area (Å²) in [5.41, 5.74) is -0.757. The van der Waals surface area contributed by atoms with Crippen LogP contribution in [-0.4, -0.2) is 67.7 Å². The van der Waals surface area contributed by atoms with Gasteiger partial charge in [-0.15, -0.1) is 0 Å². The van der Waals surface area contributed by atoms with Crippen LogP contribution >= 0.6 is 0 Å². The van der Waals surface area contributed by atoms with Gasteiger partial charge in [0.05, 0.1) is 12.1 Å². The topological polar surface area (TPSA) is 40.1 Å². The number of guanidine groups is 1. The smallest absolute Gasteiger partial charge is 0.419 e. The summed E-state index contributed by atoms with van der Waals surface area (Å²) in [4.78, 5) is 9.22. The number of aliphatic imine (C=N–C) groups is 1. The first kappa shape index (κ1) is 20.5. The number of para-hydroxylation sites is 1. The van der Waals surface area contributed by atoms with Crippen LogP contribution in [0.2, 0.25) is 0 Å². The molecule has 1 N–H and O–H groups in total. The van der Waals surface area contributed by atoms with E-state index in [0.717, 1.165) is 51.2 Å². The first-order chi connectivity index (χ1) is 13.5. The number of hydrogen-bond donors (Lipinski definition) is 1. The van der Waals surface area contributed by atoms with Gasteiger partial charge in [0.15, 0.2) is 5.96 Å². The molecule has 5 nitrogen and oxygen atoms in total. The van der Waals surface area contributed by atoms with Crippen LogP contribution in [0.3, 0.4) is 0 Å².